The Morgan fingerprint density at radius 2 is 1.81 bits per heavy atom. The predicted molar refractivity (Wildman–Crippen MR) is 91.9 cm³/mol. The van der Waals surface area contributed by atoms with E-state index in [0.717, 1.165) is 5.69 Å². The summed E-state index contributed by atoms with van der Waals surface area (Å²) in [5.74, 6) is 1.13. The zero-order chi connectivity index (χ0) is 13.1. The van der Waals surface area contributed by atoms with E-state index >= 15 is 0 Å². The molecule has 0 amide bonds. The Hall–Kier alpha value is -0.656. The molecular weight excluding hydrogens is 303 g/mol. The van der Waals surface area contributed by atoms with E-state index in [4.69, 9.17) is 5.32 Å². The van der Waals surface area contributed by atoms with Crippen molar-refractivity contribution in [1.29, 1.82) is 0 Å². The third kappa shape index (κ3) is 5.92. The van der Waals surface area contributed by atoms with Crippen molar-refractivity contribution in [3.05, 3.63) is 50.0 Å². The van der Waals surface area contributed by atoms with Crippen LogP contribution in [0.1, 0.15) is 45.6 Å². The quantitative estimate of drug-likeness (QED) is 0.392. The number of hydrogen-bond acceptors (Lipinski definition) is 1. The van der Waals surface area contributed by atoms with Gasteiger partial charge in [0, 0.05) is 0 Å². The van der Waals surface area contributed by atoms with Crippen LogP contribution in [0.2, 0.25) is 0 Å². The maximum atomic E-state index is 4.71. The predicted octanol–water partition coefficient (Wildman–Crippen LogP) is 5.58. The Balaban J connectivity index is 0. The average molecular weight is 332 g/mol. The molecule has 0 bridgehead atoms. The van der Waals surface area contributed by atoms with E-state index in [2.05, 4.69) is 57.0 Å². The summed E-state index contributed by atoms with van der Waals surface area (Å²) >= 11 is 0. The molecule has 0 aliphatic carbocycles. The third-order valence-electron chi connectivity index (χ3n) is 3.65. The van der Waals surface area contributed by atoms with Crippen LogP contribution in [0.15, 0.2) is 29.3 Å². The molecule has 1 radical (unpaired) electrons. The van der Waals surface area contributed by atoms with E-state index in [0.29, 0.717) is 23.9 Å². The van der Waals surface area contributed by atoms with Gasteiger partial charge < -0.3 is 20.2 Å². The second-order valence-electron chi connectivity index (χ2n) is 5.69. The van der Waals surface area contributed by atoms with Crippen LogP contribution in [-0.4, -0.2) is 18.3 Å². The first-order valence-electron chi connectivity index (χ1n) is 6.91. The largest absolute Gasteiger partial charge is 3.00 e. The normalized spacial score (nSPS) is 24.3. The summed E-state index contributed by atoms with van der Waals surface area (Å²) in [5, 5.41) is 4.71. The Kier molecular flexibility index (Phi) is 10.9. The molecule has 1 aliphatic rings. The molecule has 21 heavy (non-hydrogen) atoms. The summed E-state index contributed by atoms with van der Waals surface area (Å²) < 4.78 is 0. The van der Waals surface area contributed by atoms with Crippen LogP contribution in [0.5, 0.6) is 0 Å². The van der Waals surface area contributed by atoms with Crippen molar-refractivity contribution in [3.8, 4) is 0 Å². The van der Waals surface area contributed by atoms with E-state index in [1.54, 1.807) is 0 Å². The monoisotopic (exact) mass is 331 g/mol. The summed E-state index contributed by atoms with van der Waals surface area (Å²) in [6.45, 7) is 8.86. The van der Waals surface area contributed by atoms with E-state index in [9.17, 15) is 0 Å². The number of rotatable bonds is 3. The number of aliphatic imine (C=N–C) groups is 1. The molecule has 1 aromatic carbocycles. The smallest absolute Gasteiger partial charge is 0.652 e. The summed E-state index contributed by atoms with van der Waals surface area (Å²) in [7, 11) is 0. The van der Waals surface area contributed by atoms with Crippen LogP contribution in [0, 0.1) is 20.8 Å². The molecule has 1 saturated heterocycles. The van der Waals surface area contributed by atoms with Gasteiger partial charge in [0.2, 0.25) is 0 Å². The molecule has 3 atom stereocenters. The Labute approximate surface area is 141 Å². The van der Waals surface area contributed by atoms with E-state index in [-0.39, 0.29) is 31.3 Å². The van der Waals surface area contributed by atoms with E-state index in [1.165, 1.54) is 12.0 Å². The van der Waals surface area contributed by atoms with Crippen LogP contribution < -0.4 is 0 Å². The number of para-hydroxylation sites is 1. The number of hydrogen-bond donors (Lipinski definition) is 0. The van der Waals surface area contributed by atoms with Crippen molar-refractivity contribution in [2.75, 3.05) is 0 Å². The third-order valence-corrected chi connectivity index (χ3v) is 3.65. The molecule has 2 rings (SSSR count). The Morgan fingerprint density at radius 3 is 2.33 bits per heavy atom. The molecule has 1 aliphatic heterocycles. The van der Waals surface area contributed by atoms with Crippen LogP contribution in [0.3, 0.4) is 0 Å². The molecule has 3 unspecified atom stereocenters. The van der Waals surface area contributed by atoms with E-state index in [1.807, 2.05) is 6.21 Å². The Morgan fingerprint density at radius 1 is 1.19 bits per heavy atom. The topological polar surface area (TPSA) is 26.5 Å². The minimum absolute atomic E-state index is 0. The molecular formula is C18H29N2Ni. The SMILES string of the molecule is CC1CC(C)C(C=Nc2ccccc2C(C)C)[N-]1.[CH3-].[CH3-].[Ni+3]. The Bertz CT molecular complexity index is 429. The van der Waals surface area contributed by atoms with Crippen LogP contribution >= 0.6 is 0 Å². The maximum absolute atomic E-state index is 4.71. The summed E-state index contributed by atoms with van der Waals surface area (Å²) in [6.07, 6.45) is 3.22. The van der Waals surface area contributed by atoms with Crippen molar-refractivity contribution in [1.82, 2.24) is 0 Å². The number of nitrogens with zero attached hydrogens (tertiary/aromatic N) is 2. The molecule has 0 N–H and O–H groups in total. The fourth-order valence-corrected chi connectivity index (χ4v) is 2.61. The van der Waals surface area contributed by atoms with Gasteiger partial charge in [-0.05, 0) is 23.8 Å². The zero-order valence-corrected chi connectivity index (χ0v) is 15.1. The van der Waals surface area contributed by atoms with Gasteiger partial charge in [0.1, 0.15) is 0 Å². The van der Waals surface area contributed by atoms with E-state index < -0.39 is 0 Å². The van der Waals surface area contributed by atoms with Gasteiger partial charge in [-0.1, -0.05) is 64.3 Å². The summed E-state index contributed by atoms with van der Waals surface area (Å²) in [5.41, 5.74) is 2.40. The standard InChI is InChI=1S/C16H23N2.2CH3.Ni/c1-11(2)14-7-5-6-8-15(14)17-10-16-12(3)9-13(4)18-16;;;/h5-8,10-13,16H,9H2,1-4H3;2*1H3;/q3*-1;+3. The molecule has 2 nitrogen and oxygen atoms in total. The van der Waals surface area contributed by atoms with Gasteiger partial charge in [-0.3, -0.25) is 4.99 Å². The van der Waals surface area contributed by atoms with Gasteiger partial charge in [-0.25, -0.2) is 0 Å². The fourth-order valence-electron chi connectivity index (χ4n) is 2.61. The second kappa shape index (κ2) is 10.1. The van der Waals surface area contributed by atoms with Gasteiger partial charge >= 0.3 is 16.5 Å². The van der Waals surface area contributed by atoms with Crippen LogP contribution in [-0.2, 0) is 16.5 Å². The van der Waals surface area contributed by atoms with Crippen molar-refractivity contribution in [3.63, 3.8) is 0 Å². The first-order chi connectivity index (χ1) is 8.58. The maximum Gasteiger partial charge on any atom is 3.00 e. The fraction of sp³-hybridized carbons (Fsp3) is 0.500. The van der Waals surface area contributed by atoms with Crippen molar-refractivity contribution in [2.45, 2.75) is 52.1 Å². The van der Waals surface area contributed by atoms with Crippen molar-refractivity contribution < 1.29 is 16.5 Å². The van der Waals surface area contributed by atoms with Gasteiger partial charge in [0.05, 0.1) is 5.69 Å². The molecule has 1 heterocycles. The average Bonchev–Trinajstić information content (AvgIpc) is 2.65. The second-order valence-corrected chi connectivity index (χ2v) is 5.69. The van der Waals surface area contributed by atoms with Crippen LogP contribution in [0.25, 0.3) is 5.32 Å². The van der Waals surface area contributed by atoms with Gasteiger partial charge in [-0.15, -0.1) is 6.04 Å². The van der Waals surface area contributed by atoms with Gasteiger partial charge in [-0.2, -0.15) is 0 Å². The molecule has 3 heteroatoms. The molecule has 121 valence electrons. The minimum Gasteiger partial charge on any atom is -0.652 e. The molecule has 0 aromatic heterocycles. The first-order valence-corrected chi connectivity index (χ1v) is 6.91. The molecule has 1 aromatic rings. The van der Waals surface area contributed by atoms with Crippen LogP contribution in [0.4, 0.5) is 5.69 Å². The van der Waals surface area contributed by atoms with Crippen molar-refractivity contribution in [2.24, 2.45) is 10.9 Å². The minimum atomic E-state index is 0. The first kappa shape index (κ1) is 22.6. The van der Waals surface area contributed by atoms with Gasteiger partial charge in [0.25, 0.3) is 0 Å². The number of benzene rings is 1. The van der Waals surface area contributed by atoms with Gasteiger partial charge in [0.15, 0.2) is 0 Å². The zero-order valence-electron chi connectivity index (χ0n) is 14.1. The van der Waals surface area contributed by atoms with Crippen molar-refractivity contribution >= 4 is 11.9 Å². The summed E-state index contributed by atoms with van der Waals surface area (Å²) in [6, 6.07) is 9.16. The summed E-state index contributed by atoms with van der Waals surface area (Å²) in [4.78, 5) is 4.68. The molecule has 0 saturated carbocycles. The molecule has 0 spiro atoms. The molecule has 1 fully saturated rings.